The molecule has 0 aromatic carbocycles. The Labute approximate surface area is 129 Å². The first-order valence-electron chi connectivity index (χ1n) is 6.35. The number of methoxy groups -OCH3 is 1. The Bertz CT molecular complexity index is 765. The first kappa shape index (κ1) is 16.0. The number of ether oxygens (including phenoxy) is 1. The van der Waals surface area contributed by atoms with Crippen LogP contribution in [0.15, 0.2) is 17.4 Å². The molecule has 9 nitrogen and oxygen atoms in total. The van der Waals surface area contributed by atoms with E-state index in [9.17, 15) is 8.42 Å². The molecular formula is C12H18N6O3S. The molecule has 2 heterocycles. The van der Waals surface area contributed by atoms with Gasteiger partial charge in [-0.15, -0.1) is 0 Å². The van der Waals surface area contributed by atoms with Crippen molar-refractivity contribution in [1.29, 1.82) is 0 Å². The van der Waals surface area contributed by atoms with Gasteiger partial charge in [-0.3, -0.25) is 4.72 Å². The van der Waals surface area contributed by atoms with Gasteiger partial charge in [0, 0.05) is 27.3 Å². The molecule has 0 atom stereocenters. The maximum absolute atomic E-state index is 12.4. The van der Waals surface area contributed by atoms with E-state index in [-0.39, 0.29) is 16.7 Å². The molecule has 0 fully saturated rings. The monoisotopic (exact) mass is 326 g/mol. The molecule has 0 unspecified atom stereocenters. The summed E-state index contributed by atoms with van der Waals surface area (Å²) >= 11 is 0. The number of aryl methyl sites for hydroxylation is 2. The van der Waals surface area contributed by atoms with E-state index in [0.29, 0.717) is 11.6 Å². The SMILES string of the molecule is COc1ncc(NS(=O)(=O)c2cn(C)c(C)n2)c(N(C)C)n1. The van der Waals surface area contributed by atoms with Gasteiger partial charge in [0.1, 0.15) is 11.5 Å². The van der Waals surface area contributed by atoms with Crippen LogP contribution in [0.5, 0.6) is 6.01 Å². The number of nitrogens with zero attached hydrogens (tertiary/aromatic N) is 5. The van der Waals surface area contributed by atoms with E-state index < -0.39 is 10.0 Å². The molecule has 0 aliphatic rings. The Morgan fingerprint density at radius 2 is 2.00 bits per heavy atom. The van der Waals surface area contributed by atoms with Gasteiger partial charge in [0.05, 0.1) is 13.3 Å². The van der Waals surface area contributed by atoms with Crippen LogP contribution in [-0.4, -0.2) is 49.1 Å². The van der Waals surface area contributed by atoms with Gasteiger partial charge in [0.25, 0.3) is 10.0 Å². The van der Waals surface area contributed by atoms with Crippen LogP contribution < -0.4 is 14.4 Å². The van der Waals surface area contributed by atoms with Gasteiger partial charge in [-0.1, -0.05) is 0 Å². The fourth-order valence-corrected chi connectivity index (χ4v) is 2.81. The summed E-state index contributed by atoms with van der Waals surface area (Å²) in [4.78, 5) is 13.7. The predicted octanol–water partition coefficient (Wildman–Crippen LogP) is 0.394. The number of aromatic nitrogens is 4. The van der Waals surface area contributed by atoms with Crippen molar-refractivity contribution in [3.63, 3.8) is 0 Å². The molecule has 2 aromatic rings. The van der Waals surface area contributed by atoms with Crippen LogP contribution in [0.4, 0.5) is 11.5 Å². The molecule has 22 heavy (non-hydrogen) atoms. The zero-order valence-electron chi connectivity index (χ0n) is 13.0. The zero-order valence-corrected chi connectivity index (χ0v) is 13.8. The summed E-state index contributed by atoms with van der Waals surface area (Å²) < 4.78 is 33.8. The Morgan fingerprint density at radius 1 is 1.32 bits per heavy atom. The highest BCUT2D eigenvalue weighted by Crippen LogP contribution is 2.25. The van der Waals surface area contributed by atoms with Crippen LogP contribution in [0.2, 0.25) is 0 Å². The van der Waals surface area contributed by atoms with E-state index in [2.05, 4.69) is 19.7 Å². The number of sulfonamides is 1. The number of hydrogen-bond donors (Lipinski definition) is 1. The minimum atomic E-state index is -3.82. The molecular weight excluding hydrogens is 308 g/mol. The standard InChI is InChI=1S/C12H18N6O3S/c1-8-14-10(7-18(8)4)22(19,20)16-9-6-13-12(21-5)15-11(9)17(2)3/h6-7,16H,1-5H3. The molecule has 0 aliphatic heterocycles. The van der Waals surface area contributed by atoms with E-state index in [0.717, 1.165) is 0 Å². The van der Waals surface area contributed by atoms with Gasteiger partial charge in [0.15, 0.2) is 10.8 Å². The third-order valence-electron chi connectivity index (χ3n) is 2.96. The van der Waals surface area contributed by atoms with Gasteiger partial charge in [-0.2, -0.15) is 13.4 Å². The molecule has 10 heteroatoms. The number of nitrogens with one attached hydrogen (secondary N) is 1. The molecule has 0 aliphatic carbocycles. The molecule has 2 rings (SSSR count). The van der Waals surface area contributed by atoms with Crippen molar-refractivity contribution in [2.45, 2.75) is 11.9 Å². The molecule has 0 amide bonds. The molecule has 2 aromatic heterocycles. The average molecular weight is 326 g/mol. The summed E-state index contributed by atoms with van der Waals surface area (Å²) in [6.07, 6.45) is 2.80. The van der Waals surface area contributed by atoms with Crippen LogP contribution in [0.1, 0.15) is 5.82 Å². The van der Waals surface area contributed by atoms with Crippen LogP contribution in [0, 0.1) is 6.92 Å². The first-order chi connectivity index (χ1) is 10.2. The molecule has 0 saturated heterocycles. The summed E-state index contributed by atoms with van der Waals surface area (Å²) in [6.45, 7) is 1.72. The fraction of sp³-hybridized carbons (Fsp3) is 0.417. The van der Waals surface area contributed by atoms with E-state index in [1.165, 1.54) is 19.5 Å². The first-order valence-corrected chi connectivity index (χ1v) is 7.84. The Balaban J connectivity index is 2.41. The number of imidazole rings is 1. The van der Waals surface area contributed by atoms with Crippen molar-refractivity contribution in [2.75, 3.05) is 30.8 Å². The van der Waals surface area contributed by atoms with E-state index in [1.807, 2.05) is 0 Å². The van der Waals surface area contributed by atoms with Crippen molar-refractivity contribution in [3.8, 4) is 6.01 Å². The molecule has 0 spiro atoms. The highest BCUT2D eigenvalue weighted by atomic mass is 32.2. The second-order valence-electron chi connectivity index (χ2n) is 4.83. The highest BCUT2D eigenvalue weighted by Gasteiger charge is 2.21. The van der Waals surface area contributed by atoms with Gasteiger partial charge in [0.2, 0.25) is 0 Å². The number of hydrogen-bond acceptors (Lipinski definition) is 7. The lowest BCUT2D eigenvalue weighted by molar-refractivity contribution is 0.380. The zero-order chi connectivity index (χ0) is 16.5. The molecule has 1 N–H and O–H groups in total. The highest BCUT2D eigenvalue weighted by molar-refractivity contribution is 7.92. The summed E-state index contributed by atoms with van der Waals surface area (Å²) in [7, 11) is 2.83. The smallest absolute Gasteiger partial charge is 0.318 e. The van der Waals surface area contributed by atoms with E-state index in [1.54, 1.807) is 37.5 Å². The summed E-state index contributed by atoms with van der Waals surface area (Å²) in [5.41, 5.74) is 0.245. The largest absolute Gasteiger partial charge is 0.467 e. The number of anilines is 2. The molecule has 0 radical (unpaired) electrons. The topological polar surface area (TPSA) is 102 Å². The van der Waals surface area contributed by atoms with Crippen molar-refractivity contribution >= 4 is 21.5 Å². The van der Waals surface area contributed by atoms with Crippen LogP contribution in [-0.2, 0) is 17.1 Å². The van der Waals surface area contributed by atoms with Crippen molar-refractivity contribution < 1.29 is 13.2 Å². The maximum atomic E-state index is 12.4. The van der Waals surface area contributed by atoms with Crippen molar-refractivity contribution in [1.82, 2.24) is 19.5 Å². The maximum Gasteiger partial charge on any atom is 0.318 e. The third-order valence-corrected chi connectivity index (χ3v) is 4.19. The Hall–Kier alpha value is -2.36. The minimum absolute atomic E-state index is 0.0620. The number of rotatable bonds is 5. The Kier molecular flexibility index (Phi) is 4.22. The predicted molar refractivity (Wildman–Crippen MR) is 81.7 cm³/mol. The molecule has 0 saturated carbocycles. The normalized spacial score (nSPS) is 11.3. The van der Waals surface area contributed by atoms with Gasteiger partial charge >= 0.3 is 6.01 Å². The van der Waals surface area contributed by atoms with E-state index in [4.69, 9.17) is 4.74 Å². The quantitative estimate of drug-likeness (QED) is 0.848. The van der Waals surface area contributed by atoms with Crippen molar-refractivity contribution in [3.05, 3.63) is 18.2 Å². The van der Waals surface area contributed by atoms with E-state index >= 15 is 0 Å². The van der Waals surface area contributed by atoms with Gasteiger partial charge < -0.3 is 14.2 Å². The van der Waals surface area contributed by atoms with Gasteiger partial charge in [-0.25, -0.2) is 9.97 Å². The summed E-state index contributed by atoms with van der Waals surface area (Å²) in [6, 6.07) is 0.153. The Morgan fingerprint density at radius 3 is 2.50 bits per heavy atom. The summed E-state index contributed by atoms with van der Waals surface area (Å²) in [5.74, 6) is 0.988. The van der Waals surface area contributed by atoms with Gasteiger partial charge in [-0.05, 0) is 6.92 Å². The minimum Gasteiger partial charge on any atom is -0.467 e. The lowest BCUT2D eigenvalue weighted by Crippen LogP contribution is -2.19. The second-order valence-corrected chi connectivity index (χ2v) is 6.46. The molecule has 0 bridgehead atoms. The second kappa shape index (κ2) is 5.79. The summed E-state index contributed by atoms with van der Waals surface area (Å²) in [5, 5.41) is -0.0620. The third kappa shape index (κ3) is 3.11. The lowest BCUT2D eigenvalue weighted by Gasteiger charge is -2.16. The molecule has 120 valence electrons. The van der Waals surface area contributed by atoms with Crippen LogP contribution in [0.3, 0.4) is 0 Å². The van der Waals surface area contributed by atoms with Crippen LogP contribution >= 0.6 is 0 Å². The van der Waals surface area contributed by atoms with Crippen LogP contribution in [0.25, 0.3) is 0 Å². The average Bonchev–Trinajstić information content (AvgIpc) is 2.79. The van der Waals surface area contributed by atoms with Crippen molar-refractivity contribution in [2.24, 2.45) is 7.05 Å². The lowest BCUT2D eigenvalue weighted by atomic mass is 10.4. The fourth-order valence-electron chi connectivity index (χ4n) is 1.72.